The predicted molar refractivity (Wildman–Crippen MR) is 70.0 cm³/mol. The van der Waals surface area contributed by atoms with Gasteiger partial charge in [-0.1, -0.05) is 0 Å². The Balaban J connectivity index is 2.26. The summed E-state index contributed by atoms with van der Waals surface area (Å²) in [6.45, 7) is 2.80. The van der Waals surface area contributed by atoms with Gasteiger partial charge in [-0.25, -0.2) is 13.8 Å². The van der Waals surface area contributed by atoms with E-state index in [0.29, 0.717) is 24.5 Å². The van der Waals surface area contributed by atoms with E-state index in [0.717, 1.165) is 6.07 Å². The summed E-state index contributed by atoms with van der Waals surface area (Å²) in [5, 5.41) is 8.86. The van der Waals surface area contributed by atoms with Crippen LogP contribution >= 0.6 is 0 Å². The first kappa shape index (κ1) is 14.6. The molecular weight excluding hydrogens is 266 g/mol. The van der Waals surface area contributed by atoms with Crippen molar-refractivity contribution >= 4 is 0 Å². The topological polar surface area (TPSA) is 49.5 Å². The van der Waals surface area contributed by atoms with Crippen LogP contribution in [0.1, 0.15) is 11.5 Å². The summed E-state index contributed by atoms with van der Waals surface area (Å²) in [5.74, 6) is -0.563. The molecule has 0 atom stereocenters. The maximum absolute atomic E-state index is 13.2. The number of aromatic nitrogens is 1. The normalized spacial score (nSPS) is 11.3. The molecule has 20 heavy (non-hydrogen) atoms. The monoisotopic (exact) mass is 282 g/mol. The van der Waals surface area contributed by atoms with Crippen molar-refractivity contribution in [1.82, 2.24) is 9.88 Å². The Morgan fingerprint density at radius 2 is 1.90 bits per heavy atom. The van der Waals surface area contributed by atoms with Gasteiger partial charge >= 0.3 is 0 Å². The molecule has 0 aliphatic rings. The molecule has 2 aromatic rings. The summed E-state index contributed by atoms with van der Waals surface area (Å²) in [6.07, 6.45) is 0. The fraction of sp³-hybridized carbons (Fsp3) is 0.357. The number of halogens is 2. The zero-order valence-electron chi connectivity index (χ0n) is 11.4. The van der Waals surface area contributed by atoms with Gasteiger partial charge in [-0.2, -0.15) is 0 Å². The van der Waals surface area contributed by atoms with E-state index in [-0.39, 0.29) is 18.1 Å². The molecule has 0 fully saturated rings. The lowest BCUT2D eigenvalue weighted by Gasteiger charge is -2.12. The number of benzene rings is 1. The fourth-order valence-corrected chi connectivity index (χ4v) is 1.88. The third-order valence-electron chi connectivity index (χ3n) is 2.90. The third-order valence-corrected chi connectivity index (χ3v) is 2.90. The molecule has 2 rings (SSSR count). The van der Waals surface area contributed by atoms with Crippen LogP contribution in [0.15, 0.2) is 22.6 Å². The molecule has 0 aliphatic carbocycles. The van der Waals surface area contributed by atoms with Crippen LogP contribution in [0, 0.1) is 18.6 Å². The van der Waals surface area contributed by atoms with Gasteiger partial charge in [0, 0.05) is 24.7 Å². The van der Waals surface area contributed by atoms with Gasteiger partial charge in [0.2, 0.25) is 5.89 Å². The Bertz CT molecular complexity index is 579. The van der Waals surface area contributed by atoms with Crippen LogP contribution in [0.4, 0.5) is 8.78 Å². The van der Waals surface area contributed by atoms with Gasteiger partial charge in [0.15, 0.2) is 0 Å². The highest BCUT2D eigenvalue weighted by Crippen LogP contribution is 2.24. The summed E-state index contributed by atoms with van der Waals surface area (Å²) in [7, 11) is 1.84. The number of rotatable bonds is 5. The lowest BCUT2D eigenvalue weighted by Crippen LogP contribution is -2.22. The Kier molecular flexibility index (Phi) is 4.46. The highest BCUT2D eigenvalue weighted by molar-refractivity contribution is 5.53. The van der Waals surface area contributed by atoms with Crippen LogP contribution < -0.4 is 0 Å². The molecule has 0 unspecified atom stereocenters. The predicted octanol–water partition coefficient (Wildman–Crippen LogP) is 2.35. The van der Waals surface area contributed by atoms with E-state index in [2.05, 4.69) is 4.98 Å². The van der Waals surface area contributed by atoms with E-state index in [1.807, 2.05) is 11.9 Å². The molecule has 0 amide bonds. The molecule has 0 radical (unpaired) electrons. The molecule has 1 aromatic heterocycles. The van der Waals surface area contributed by atoms with Gasteiger partial charge in [-0.15, -0.1) is 0 Å². The number of aliphatic hydroxyl groups is 1. The first-order chi connectivity index (χ1) is 9.49. The summed E-state index contributed by atoms with van der Waals surface area (Å²) in [4.78, 5) is 6.14. The highest BCUT2D eigenvalue weighted by Gasteiger charge is 2.14. The first-order valence-corrected chi connectivity index (χ1v) is 6.21. The van der Waals surface area contributed by atoms with Crippen molar-refractivity contribution in [1.29, 1.82) is 0 Å². The minimum Gasteiger partial charge on any atom is -0.441 e. The lowest BCUT2D eigenvalue weighted by atomic mass is 10.2. The Morgan fingerprint density at radius 3 is 2.50 bits per heavy atom. The zero-order valence-corrected chi connectivity index (χ0v) is 11.4. The maximum Gasteiger partial charge on any atom is 0.226 e. The zero-order chi connectivity index (χ0) is 14.7. The van der Waals surface area contributed by atoms with E-state index in [1.54, 1.807) is 6.92 Å². The molecule has 1 N–H and O–H groups in total. The van der Waals surface area contributed by atoms with Crippen LogP contribution in [-0.2, 0) is 6.54 Å². The van der Waals surface area contributed by atoms with Crippen LogP contribution in [0.3, 0.4) is 0 Å². The SMILES string of the molecule is Cc1oc(-c2cc(F)cc(F)c2)nc1CN(C)CCO. The smallest absolute Gasteiger partial charge is 0.226 e. The van der Waals surface area contributed by atoms with Gasteiger partial charge in [0.05, 0.1) is 12.3 Å². The van der Waals surface area contributed by atoms with E-state index in [4.69, 9.17) is 9.52 Å². The van der Waals surface area contributed by atoms with Crippen molar-refractivity contribution in [3.8, 4) is 11.5 Å². The second-order valence-corrected chi connectivity index (χ2v) is 4.64. The summed E-state index contributed by atoms with van der Waals surface area (Å²) in [5.41, 5.74) is 0.947. The molecule has 0 saturated heterocycles. The number of aliphatic hydroxyl groups excluding tert-OH is 1. The van der Waals surface area contributed by atoms with Crippen molar-refractivity contribution in [2.45, 2.75) is 13.5 Å². The Morgan fingerprint density at radius 1 is 1.25 bits per heavy atom. The number of oxazole rings is 1. The second-order valence-electron chi connectivity index (χ2n) is 4.64. The van der Waals surface area contributed by atoms with Gasteiger partial charge in [0.1, 0.15) is 17.4 Å². The Labute approximate surface area is 115 Å². The van der Waals surface area contributed by atoms with Gasteiger partial charge in [-0.3, -0.25) is 4.90 Å². The molecular formula is C14H16F2N2O2. The van der Waals surface area contributed by atoms with Crippen LogP contribution in [0.25, 0.3) is 11.5 Å². The molecule has 0 bridgehead atoms. The van der Waals surface area contributed by atoms with Crippen molar-refractivity contribution in [2.24, 2.45) is 0 Å². The number of aryl methyl sites for hydroxylation is 1. The van der Waals surface area contributed by atoms with E-state index in [1.165, 1.54) is 12.1 Å². The number of likely N-dealkylation sites (N-methyl/N-ethyl adjacent to an activating group) is 1. The molecule has 0 spiro atoms. The summed E-state index contributed by atoms with van der Waals surface area (Å²) < 4.78 is 31.8. The number of hydrogen-bond donors (Lipinski definition) is 1. The van der Waals surface area contributed by atoms with Crippen molar-refractivity contribution in [3.05, 3.63) is 41.3 Å². The largest absolute Gasteiger partial charge is 0.441 e. The minimum absolute atomic E-state index is 0.0510. The molecule has 0 aliphatic heterocycles. The molecule has 108 valence electrons. The van der Waals surface area contributed by atoms with E-state index < -0.39 is 11.6 Å². The molecule has 1 aromatic carbocycles. The first-order valence-electron chi connectivity index (χ1n) is 6.21. The molecule has 1 heterocycles. The molecule has 4 nitrogen and oxygen atoms in total. The maximum atomic E-state index is 13.2. The van der Waals surface area contributed by atoms with Crippen LogP contribution in [-0.4, -0.2) is 35.2 Å². The van der Waals surface area contributed by atoms with Gasteiger partial charge in [0.25, 0.3) is 0 Å². The third kappa shape index (κ3) is 3.40. The Hall–Kier alpha value is -1.79. The van der Waals surface area contributed by atoms with Crippen molar-refractivity contribution < 1.29 is 18.3 Å². The standard InChI is InChI=1S/C14H16F2N2O2/c1-9-13(8-18(2)3-4-19)17-14(20-9)10-5-11(15)7-12(16)6-10/h5-7,19H,3-4,8H2,1-2H3. The van der Waals surface area contributed by atoms with Gasteiger partial charge < -0.3 is 9.52 Å². The quantitative estimate of drug-likeness (QED) is 0.914. The summed E-state index contributed by atoms with van der Waals surface area (Å²) >= 11 is 0. The fourth-order valence-electron chi connectivity index (χ4n) is 1.88. The number of nitrogens with zero attached hydrogens (tertiary/aromatic N) is 2. The van der Waals surface area contributed by atoms with Crippen LogP contribution in [0.2, 0.25) is 0 Å². The minimum atomic E-state index is -0.671. The number of hydrogen-bond acceptors (Lipinski definition) is 4. The highest BCUT2D eigenvalue weighted by atomic mass is 19.1. The van der Waals surface area contributed by atoms with Gasteiger partial charge in [-0.05, 0) is 26.1 Å². The van der Waals surface area contributed by atoms with E-state index in [9.17, 15) is 8.78 Å². The molecule has 0 saturated carbocycles. The van der Waals surface area contributed by atoms with Crippen LogP contribution in [0.5, 0.6) is 0 Å². The lowest BCUT2D eigenvalue weighted by molar-refractivity contribution is 0.215. The van der Waals surface area contributed by atoms with Crippen molar-refractivity contribution in [3.63, 3.8) is 0 Å². The van der Waals surface area contributed by atoms with Crippen molar-refractivity contribution in [2.75, 3.05) is 20.2 Å². The second kappa shape index (κ2) is 6.11. The van der Waals surface area contributed by atoms with E-state index >= 15 is 0 Å². The average molecular weight is 282 g/mol. The molecule has 6 heteroatoms. The summed E-state index contributed by atoms with van der Waals surface area (Å²) in [6, 6.07) is 3.15. The average Bonchev–Trinajstić information content (AvgIpc) is 2.70.